The minimum absolute atomic E-state index is 0.181. The van der Waals surface area contributed by atoms with Crippen molar-refractivity contribution in [1.29, 1.82) is 0 Å². The second kappa shape index (κ2) is 5.10. The van der Waals surface area contributed by atoms with Crippen LogP contribution in [0, 0.1) is 5.92 Å². The van der Waals surface area contributed by atoms with Crippen molar-refractivity contribution in [2.24, 2.45) is 11.7 Å². The lowest BCUT2D eigenvalue weighted by molar-refractivity contribution is -0.0431. The van der Waals surface area contributed by atoms with Gasteiger partial charge in [0.1, 0.15) is 0 Å². The van der Waals surface area contributed by atoms with Crippen LogP contribution in [0.1, 0.15) is 40.5 Å². The Labute approximate surface area is 87.6 Å². The Morgan fingerprint density at radius 2 is 1.79 bits per heavy atom. The van der Waals surface area contributed by atoms with Gasteiger partial charge in [0.05, 0.1) is 11.2 Å². The molecule has 0 saturated heterocycles. The van der Waals surface area contributed by atoms with Crippen LogP contribution in [0.3, 0.4) is 0 Å². The van der Waals surface area contributed by atoms with Crippen LogP contribution < -0.4 is 5.73 Å². The summed E-state index contributed by atoms with van der Waals surface area (Å²) in [5.74, 6) is 0.181. The highest BCUT2D eigenvalue weighted by Crippen LogP contribution is 2.26. The zero-order valence-electron chi connectivity index (χ0n) is 10.1. The van der Waals surface area contributed by atoms with Gasteiger partial charge in [-0.15, -0.1) is 0 Å². The summed E-state index contributed by atoms with van der Waals surface area (Å²) in [5, 5.41) is 10.2. The Balaban J connectivity index is 4.21. The predicted molar refractivity (Wildman–Crippen MR) is 59.2 cm³/mol. The van der Waals surface area contributed by atoms with Crippen LogP contribution in [0.5, 0.6) is 0 Å². The summed E-state index contributed by atoms with van der Waals surface area (Å²) in [7, 11) is 1.69. The van der Waals surface area contributed by atoms with Crippen molar-refractivity contribution in [2.45, 2.75) is 51.7 Å². The van der Waals surface area contributed by atoms with Crippen molar-refractivity contribution in [1.82, 2.24) is 0 Å². The Morgan fingerprint density at radius 3 is 2.07 bits per heavy atom. The van der Waals surface area contributed by atoms with Crippen molar-refractivity contribution in [3.8, 4) is 0 Å². The van der Waals surface area contributed by atoms with Crippen LogP contribution in [-0.2, 0) is 4.74 Å². The SMILES string of the molecule is COC(C)(C)CCC(O)(CN)C(C)C. The molecule has 0 bridgehead atoms. The first kappa shape index (κ1) is 13.9. The molecule has 86 valence electrons. The molecule has 0 fully saturated rings. The van der Waals surface area contributed by atoms with Crippen LogP contribution in [0.4, 0.5) is 0 Å². The molecule has 3 N–H and O–H groups in total. The van der Waals surface area contributed by atoms with E-state index in [0.717, 1.165) is 6.42 Å². The smallest absolute Gasteiger partial charge is 0.0793 e. The third-order valence-electron chi connectivity index (χ3n) is 3.14. The summed E-state index contributed by atoms with van der Waals surface area (Å²) in [6.07, 6.45) is 1.50. The highest BCUT2D eigenvalue weighted by atomic mass is 16.5. The van der Waals surface area contributed by atoms with Crippen molar-refractivity contribution in [3.05, 3.63) is 0 Å². The van der Waals surface area contributed by atoms with Crippen molar-refractivity contribution < 1.29 is 9.84 Å². The van der Waals surface area contributed by atoms with Crippen LogP contribution >= 0.6 is 0 Å². The van der Waals surface area contributed by atoms with Gasteiger partial charge in [0.25, 0.3) is 0 Å². The van der Waals surface area contributed by atoms with Gasteiger partial charge in [-0.3, -0.25) is 0 Å². The number of nitrogens with two attached hydrogens (primary N) is 1. The van der Waals surface area contributed by atoms with Crippen LogP contribution in [0.2, 0.25) is 0 Å². The van der Waals surface area contributed by atoms with Gasteiger partial charge in [-0.2, -0.15) is 0 Å². The molecule has 0 aromatic heterocycles. The van der Waals surface area contributed by atoms with Crippen LogP contribution in [-0.4, -0.2) is 30.0 Å². The molecule has 0 amide bonds. The quantitative estimate of drug-likeness (QED) is 0.688. The third-order valence-corrected chi connectivity index (χ3v) is 3.14. The van der Waals surface area contributed by atoms with E-state index in [9.17, 15) is 5.11 Å². The van der Waals surface area contributed by atoms with Gasteiger partial charge in [0.15, 0.2) is 0 Å². The molecule has 0 aliphatic rings. The minimum atomic E-state index is -0.754. The van der Waals surface area contributed by atoms with Crippen molar-refractivity contribution in [3.63, 3.8) is 0 Å². The summed E-state index contributed by atoms with van der Waals surface area (Å²) in [6.45, 7) is 8.33. The lowest BCUT2D eigenvalue weighted by atomic mass is 9.83. The number of methoxy groups -OCH3 is 1. The normalized spacial score (nSPS) is 17.1. The number of hydrogen-bond acceptors (Lipinski definition) is 3. The van der Waals surface area contributed by atoms with Gasteiger partial charge in [0.2, 0.25) is 0 Å². The van der Waals surface area contributed by atoms with E-state index in [0.29, 0.717) is 13.0 Å². The molecule has 0 aromatic carbocycles. The third kappa shape index (κ3) is 3.95. The molecule has 0 aliphatic heterocycles. The first-order chi connectivity index (χ1) is 6.27. The average molecular weight is 203 g/mol. The highest BCUT2D eigenvalue weighted by molar-refractivity contribution is 4.85. The molecule has 0 rings (SSSR count). The predicted octanol–water partition coefficient (Wildman–Crippen LogP) is 1.54. The van der Waals surface area contributed by atoms with Gasteiger partial charge in [-0.05, 0) is 32.6 Å². The Kier molecular flexibility index (Phi) is 5.06. The standard InChI is InChI=1S/C11H25NO2/c1-9(2)11(13,8-12)7-6-10(3,4)14-5/h9,13H,6-8,12H2,1-5H3. The molecule has 0 aliphatic carbocycles. The van der Waals surface area contributed by atoms with Crippen LogP contribution in [0.25, 0.3) is 0 Å². The van der Waals surface area contributed by atoms with Gasteiger partial charge in [0, 0.05) is 13.7 Å². The maximum absolute atomic E-state index is 10.2. The van der Waals surface area contributed by atoms with Crippen molar-refractivity contribution in [2.75, 3.05) is 13.7 Å². The maximum atomic E-state index is 10.2. The summed E-state index contributed by atoms with van der Waals surface area (Å²) < 4.78 is 5.31. The Bertz CT molecular complexity index is 169. The largest absolute Gasteiger partial charge is 0.388 e. The molecule has 1 unspecified atom stereocenters. The minimum Gasteiger partial charge on any atom is -0.388 e. The molecule has 1 atom stereocenters. The van der Waals surface area contributed by atoms with E-state index in [1.807, 2.05) is 27.7 Å². The van der Waals surface area contributed by atoms with E-state index >= 15 is 0 Å². The molecule has 3 nitrogen and oxygen atoms in total. The molecule has 0 saturated carbocycles. The van der Waals surface area contributed by atoms with E-state index in [1.165, 1.54) is 0 Å². The monoisotopic (exact) mass is 203 g/mol. The van der Waals surface area contributed by atoms with E-state index in [1.54, 1.807) is 7.11 Å². The number of rotatable bonds is 6. The van der Waals surface area contributed by atoms with Gasteiger partial charge < -0.3 is 15.6 Å². The zero-order valence-corrected chi connectivity index (χ0v) is 10.1. The van der Waals surface area contributed by atoms with Gasteiger partial charge >= 0.3 is 0 Å². The lowest BCUT2D eigenvalue weighted by Crippen LogP contribution is -2.44. The van der Waals surface area contributed by atoms with Crippen LogP contribution in [0.15, 0.2) is 0 Å². The fourth-order valence-electron chi connectivity index (χ4n) is 1.25. The molecule has 0 heterocycles. The molecule has 0 spiro atoms. The summed E-state index contributed by atoms with van der Waals surface area (Å²) >= 11 is 0. The molecule has 14 heavy (non-hydrogen) atoms. The summed E-state index contributed by atoms with van der Waals surface area (Å²) in [5.41, 5.74) is 4.65. The summed E-state index contributed by atoms with van der Waals surface area (Å²) in [4.78, 5) is 0. The molecule has 0 radical (unpaired) electrons. The Morgan fingerprint density at radius 1 is 1.29 bits per heavy atom. The van der Waals surface area contributed by atoms with Gasteiger partial charge in [-0.1, -0.05) is 13.8 Å². The van der Waals surface area contributed by atoms with Crippen molar-refractivity contribution >= 4 is 0 Å². The second-order valence-electron chi connectivity index (χ2n) is 4.93. The molecule has 0 aromatic rings. The number of aliphatic hydroxyl groups is 1. The number of ether oxygens (including phenoxy) is 1. The van der Waals surface area contributed by atoms with E-state index in [-0.39, 0.29) is 11.5 Å². The maximum Gasteiger partial charge on any atom is 0.0793 e. The topological polar surface area (TPSA) is 55.5 Å². The van der Waals surface area contributed by atoms with E-state index < -0.39 is 5.60 Å². The molecular weight excluding hydrogens is 178 g/mol. The zero-order chi connectivity index (χ0) is 11.4. The highest BCUT2D eigenvalue weighted by Gasteiger charge is 2.31. The first-order valence-electron chi connectivity index (χ1n) is 5.25. The van der Waals surface area contributed by atoms with E-state index in [2.05, 4.69) is 0 Å². The summed E-state index contributed by atoms with van der Waals surface area (Å²) in [6, 6.07) is 0. The lowest BCUT2D eigenvalue weighted by Gasteiger charge is -2.34. The number of hydrogen-bond donors (Lipinski definition) is 2. The fraction of sp³-hybridized carbons (Fsp3) is 1.00. The molecule has 3 heteroatoms. The first-order valence-corrected chi connectivity index (χ1v) is 5.25. The van der Waals surface area contributed by atoms with E-state index in [4.69, 9.17) is 10.5 Å². The molecular formula is C11H25NO2. The second-order valence-corrected chi connectivity index (χ2v) is 4.93. The fourth-order valence-corrected chi connectivity index (χ4v) is 1.25. The van der Waals surface area contributed by atoms with Gasteiger partial charge in [-0.25, -0.2) is 0 Å². The average Bonchev–Trinajstić information content (AvgIpc) is 2.14. The Hall–Kier alpha value is -0.120.